The first kappa shape index (κ1) is 18.5. The number of carbonyl (C=O) groups excluding carboxylic acids is 1. The van der Waals surface area contributed by atoms with E-state index in [9.17, 15) is 9.90 Å². The van der Waals surface area contributed by atoms with Gasteiger partial charge < -0.3 is 20.9 Å². The molecule has 0 fully saturated rings. The molecule has 1 atom stereocenters. The van der Waals surface area contributed by atoms with Gasteiger partial charge in [0, 0.05) is 18.2 Å². The second-order valence-corrected chi connectivity index (χ2v) is 5.80. The zero-order valence-corrected chi connectivity index (χ0v) is 14.6. The summed E-state index contributed by atoms with van der Waals surface area (Å²) in [5.41, 5.74) is 7.46. The lowest BCUT2D eigenvalue weighted by Gasteiger charge is -2.17. The Bertz CT molecular complexity index is 902. The Balaban J connectivity index is 1.73. The van der Waals surface area contributed by atoms with E-state index in [1.165, 1.54) is 6.33 Å². The first-order chi connectivity index (χ1) is 13.2. The average molecular weight is 364 g/mol. The molecule has 1 aromatic heterocycles. The minimum atomic E-state index is -0.489. The van der Waals surface area contributed by atoms with Gasteiger partial charge in [-0.15, -0.1) is 0 Å². The van der Waals surface area contributed by atoms with E-state index in [2.05, 4.69) is 15.3 Å². The molecule has 0 unspecified atom stereocenters. The Kier molecular flexibility index (Phi) is 6.09. The smallest absolute Gasteiger partial charge is 0.251 e. The van der Waals surface area contributed by atoms with Gasteiger partial charge in [0.05, 0.1) is 18.3 Å². The SMILES string of the molecule is NCc1cc(Oc2cccc(C(=O)N[C@@H](CO)c3ccccc3)c2)ncn1. The fraction of sp³-hybridized carbons (Fsp3) is 0.150. The van der Waals surface area contributed by atoms with E-state index in [0.29, 0.717) is 22.9 Å². The van der Waals surface area contributed by atoms with Gasteiger partial charge in [0.25, 0.3) is 5.91 Å². The molecule has 3 aromatic rings. The zero-order valence-electron chi connectivity index (χ0n) is 14.6. The van der Waals surface area contributed by atoms with E-state index in [-0.39, 0.29) is 19.1 Å². The summed E-state index contributed by atoms with van der Waals surface area (Å²) < 4.78 is 5.69. The van der Waals surface area contributed by atoms with Crippen molar-refractivity contribution in [3.8, 4) is 11.6 Å². The van der Waals surface area contributed by atoms with Crippen molar-refractivity contribution in [1.29, 1.82) is 0 Å². The third kappa shape index (κ3) is 4.87. The third-order valence-corrected chi connectivity index (χ3v) is 3.92. The molecular weight excluding hydrogens is 344 g/mol. The largest absolute Gasteiger partial charge is 0.439 e. The van der Waals surface area contributed by atoms with Gasteiger partial charge in [-0.25, -0.2) is 9.97 Å². The molecule has 0 spiro atoms. The van der Waals surface area contributed by atoms with Gasteiger partial charge in [0.15, 0.2) is 0 Å². The number of aromatic nitrogens is 2. The van der Waals surface area contributed by atoms with Gasteiger partial charge in [0.2, 0.25) is 5.88 Å². The highest BCUT2D eigenvalue weighted by atomic mass is 16.5. The standard InChI is InChI=1S/C20H20N4O3/c21-11-16-10-19(23-13-22-16)27-17-8-4-7-15(9-17)20(26)24-18(12-25)14-5-2-1-3-6-14/h1-10,13,18,25H,11-12,21H2,(H,24,26)/t18-/m0/s1. The second kappa shape index (κ2) is 8.88. The molecule has 1 heterocycles. The molecule has 138 valence electrons. The summed E-state index contributed by atoms with van der Waals surface area (Å²) in [5, 5.41) is 12.4. The number of nitrogens with two attached hydrogens (primary N) is 1. The number of carbonyl (C=O) groups is 1. The molecular formula is C20H20N4O3. The van der Waals surface area contributed by atoms with Crippen LogP contribution in [0.15, 0.2) is 67.0 Å². The molecule has 3 rings (SSSR count). The van der Waals surface area contributed by atoms with Crippen molar-refractivity contribution in [1.82, 2.24) is 15.3 Å². The van der Waals surface area contributed by atoms with Crippen LogP contribution in [0.1, 0.15) is 27.7 Å². The van der Waals surface area contributed by atoms with Crippen LogP contribution in [0.2, 0.25) is 0 Å². The summed E-state index contributed by atoms with van der Waals surface area (Å²) in [7, 11) is 0. The van der Waals surface area contributed by atoms with Crippen LogP contribution in [0.4, 0.5) is 0 Å². The highest BCUT2D eigenvalue weighted by Crippen LogP contribution is 2.21. The average Bonchev–Trinajstić information content (AvgIpc) is 2.72. The van der Waals surface area contributed by atoms with Gasteiger partial charge in [-0.3, -0.25) is 4.79 Å². The Morgan fingerprint density at radius 2 is 1.93 bits per heavy atom. The normalized spacial score (nSPS) is 11.6. The minimum Gasteiger partial charge on any atom is -0.439 e. The molecule has 0 bridgehead atoms. The second-order valence-electron chi connectivity index (χ2n) is 5.80. The lowest BCUT2D eigenvalue weighted by molar-refractivity contribution is 0.0916. The van der Waals surface area contributed by atoms with Crippen LogP contribution < -0.4 is 15.8 Å². The highest BCUT2D eigenvalue weighted by Gasteiger charge is 2.15. The molecule has 0 aliphatic carbocycles. The highest BCUT2D eigenvalue weighted by molar-refractivity contribution is 5.94. The van der Waals surface area contributed by atoms with Crippen LogP contribution >= 0.6 is 0 Å². The van der Waals surface area contributed by atoms with E-state index in [0.717, 1.165) is 5.56 Å². The van der Waals surface area contributed by atoms with Crippen LogP contribution in [0, 0.1) is 0 Å². The Labute approximate surface area is 156 Å². The molecule has 2 aromatic carbocycles. The van der Waals surface area contributed by atoms with E-state index in [1.54, 1.807) is 30.3 Å². The van der Waals surface area contributed by atoms with Crippen molar-refractivity contribution in [2.24, 2.45) is 5.73 Å². The van der Waals surface area contributed by atoms with Crippen LogP contribution in [0.3, 0.4) is 0 Å². The number of nitrogens with zero attached hydrogens (tertiary/aromatic N) is 2. The van der Waals surface area contributed by atoms with Gasteiger partial charge >= 0.3 is 0 Å². The molecule has 0 radical (unpaired) electrons. The molecule has 1 amide bonds. The van der Waals surface area contributed by atoms with Crippen molar-refractivity contribution in [3.63, 3.8) is 0 Å². The first-order valence-corrected chi connectivity index (χ1v) is 8.45. The lowest BCUT2D eigenvalue weighted by atomic mass is 10.1. The van der Waals surface area contributed by atoms with E-state index in [1.807, 2.05) is 30.3 Å². The van der Waals surface area contributed by atoms with Crippen molar-refractivity contribution < 1.29 is 14.6 Å². The van der Waals surface area contributed by atoms with Gasteiger partial charge in [-0.2, -0.15) is 0 Å². The van der Waals surface area contributed by atoms with E-state index >= 15 is 0 Å². The summed E-state index contributed by atoms with van der Waals surface area (Å²) in [4.78, 5) is 20.6. The topological polar surface area (TPSA) is 110 Å². The number of rotatable bonds is 7. The van der Waals surface area contributed by atoms with Crippen molar-refractivity contribution >= 4 is 5.91 Å². The molecule has 0 saturated heterocycles. The number of ether oxygens (including phenoxy) is 1. The number of aliphatic hydroxyl groups excluding tert-OH is 1. The van der Waals surface area contributed by atoms with Gasteiger partial charge in [0.1, 0.15) is 12.1 Å². The number of benzene rings is 2. The summed E-state index contributed by atoms with van der Waals surface area (Å²) in [5.74, 6) is 0.499. The summed E-state index contributed by atoms with van der Waals surface area (Å²) in [6, 6.07) is 17.2. The van der Waals surface area contributed by atoms with Crippen molar-refractivity contribution in [3.05, 3.63) is 83.8 Å². The van der Waals surface area contributed by atoms with Crippen LogP contribution in [-0.2, 0) is 6.54 Å². The number of hydrogen-bond acceptors (Lipinski definition) is 6. The summed E-state index contributed by atoms with van der Waals surface area (Å²) in [6.45, 7) is 0.0815. The third-order valence-electron chi connectivity index (χ3n) is 3.92. The predicted molar refractivity (Wildman–Crippen MR) is 100 cm³/mol. The minimum absolute atomic E-state index is 0.200. The Morgan fingerprint density at radius 3 is 2.67 bits per heavy atom. The number of hydrogen-bond donors (Lipinski definition) is 3. The maximum absolute atomic E-state index is 12.6. The van der Waals surface area contributed by atoms with Crippen LogP contribution in [0.5, 0.6) is 11.6 Å². The quantitative estimate of drug-likeness (QED) is 0.593. The number of amides is 1. The monoisotopic (exact) mass is 364 g/mol. The fourth-order valence-corrected chi connectivity index (χ4v) is 2.53. The van der Waals surface area contributed by atoms with Crippen molar-refractivity contribution in [2.75, 3.05) is 6.61 Å². The van der Waals surface area contributed by atoms with Crippen LogP contribution in [-0.4, -0.2) is 27.6 Å². The fourth-order valence-electron chi connectivity index (χ4n) is 2.53. The maximum atomic E-state index is 12.6. The maximum Gasteiger partial charge on any atom is 0.251 e. The number of aliphatic hydroxyl groups is 1. The van der Waals surface area contributed by atoms with E-state index in [4.69, 9.17) is 10.5 Å². The molecule has 4 N–H and O–H groups in total. The van der Waals surface area contributed by atoms with Crippen LogP contribution in [0.25, 0.3) is 0 Å². The van der Waals surface area contributed by atoms with Gasteiger partial charge in [-0.1, -0.05) is 36.4 Å². The molecule has 7 heteroatoms. The predicted octanol–water partition coefficient (Wildman–Crippen LogP) is 2.19. The molecule has 7 nitrogen and oxygen atoms in total. The molecule has 0 aliphatic heterocycles. The molecule has 0 saturated carbocycles. The van der Waals surface area contributed by atoms with Crippen molar-refractivity contribution in [2.45, 2.75) is 12.6 Å². The summed E-state index contributed by atoms with van der Waals surface area (Å²) >= 11 is 0. The summed E-state index contributed by atoms with van der Waals surface area (Å²) in [6.07, 6.45) is 1.37. The molecule has 27 heavy (non-hydrogen) atoms. The Morgan fingerprint density at radius 1 is 1.11 bits per heavy atom. The lowest BCUT2D eigenvalue weighted by Crippen LogP contribution is -2.30. The first-order valence-electron chi connectivity index (χ1n) is 8.45. The molecule has 0 aliphatic rings. The van der Waals surface area contributed by atoms with Gasteiger partial charge in [-0.05, 0) is 23.8 Å². The Hall–Kier alpha value is -3.29. The van der Waals surface area contributed by atoms with E-state index < -0.39 is 6.04 Å². The number of nitrogens with one attached hydrogen (secondary N) is 1. The zero-order chi connectivity index (χ0) is 19.1.